The van der Waals surface area contributed by atoms with E-state index in [-0.39, 0.29) is 11.5 Å². The van der Waals surface area contributed by atoms with Gasteiger partial charge in [-0.05, 0) is 36.9 Å². The van der Waals surface area contributed by atoms with Gasteiger partial charge in [-0.3, -0.25) is 0 Å². The fourth-order valence-corrected chi connectivity index (χ4v) is 2.22. The summed E-state index contributed by atoms with van der Waals surface area (Å²) in [6.45, 7) is 1.13. The molecule has 0 radical (unpaired) electrons. The summed E-state index contributed by atoms with van der Waals surface area (Å²) in [6, 6.07) is 4.84. The minimum Gasteiger partial charge on any atom is -0.316 e. The van der Waals surface area contributed by atoms with E-state index in [4.69, 9.17) is 0 Å². The first-order valence-corrected chi connectivity index (χ1v) is 5.37. The second kappa shape index (κ2) is 4.71. The lowest BCUT2D eigenvalue weighted by Gasteiger charge is -2.24. The lowest BCUT2D eigenvalue weighted by molar-refractivity contribution is 0.431. The van der Waals surface area contributed by atoms with E-state index >= 15 is 0 Å². The van der Waals surface area contributed by atoms with Gasteiger partial charge < -0.3 is 5.32 Å². The quantitative estimate of drug-likeness (QED) is 0.793. The Morgan fingerprint density at radius 1 is 1.40 bits per heavy atom. The van der Waals surface area contributed by atoms with Crippen LogP contribution in [0.25, 0.3) is 0 Å². The van der Waals surface area contributed by atoms with Crippen LogP contribution < -0.4 is 5.32 Å². The first-order chi connectivity index (χ1) is 7.33. The van der Waals surface area contributed by atoms with Crippen molar-refractivity contribution < 1.29 is 8.78 Å². The molecule has 1 heterocycles. The summed E-state index contributed by atoms with van der Waals surface area (Å²) >= 11 is 0. The van der Waals surface area contributed by atoms with Gasteiger partial charge in [-0.1, -0.05) is 12.1 Å². The molecular weight excluding hydrogens is 196 g/mol. The van der Waals surface area contributed by atoms with E-state index in [9.17, 15) is 8.78 Å². The number of hydrogen-bond donors (Lipinski definition) is 1. The van der Waals surface area contributed by atoms with Crippen LogP contribution in [-0.2, 0) is 6.67 Å². The highest BCUT2D eigenvalue weighted by Crippen LogP contribution is 2.28. The zero-order valence-electron chi connectivity index (χ0n) is 8.60. The zero-order valence-corrected chi connectivity index (χ0v) is 8.60. The first-order valence-electron chi connectivity index (χ1n) is 5.37. The number of nitrogens with one attached hydrogen (secondary N) is 1. The molecule has 1 saturated heterocycles. The van der Waals surface area contributed by atoms with Gasteiger partial charge in [-0.15, -0.1) is 0 Å². The molecule has 0 aliphatic carbocycles. The van der Waals surface area contributed by atoms with Gasteiger partial charge in [0, 0.05) is 12.1 Å². The van der Waals surface area contributed by atoms with E-state index in [0.29, 0.717) is 0 Å². The lowest BCUT2D eigenvalue weighted by atomic mass is 9.88. The second-order valence-electron chi connectivity index (χ2n) is 3.98. The molecule has 0 amide bonds. The van der Waals surface area contributed by atoms with Gasteiger partial charge in [0.2, 0.25) is 0 Å². The minimum absolute atomic E-state index is 0.242. The summed E-state index contributed by atoms with van der Waals surface area (Å²) in [5, 5.41) is 3.26. The molecule has 15 heavy (non-hydrogen) atoms. The van der Waals surface area contributed by atoms with E-state index in [0.717, 1.165) is 31.5 Å². The molecule has 0 bridgehead atoms. The van der Waals surface area contributed by atoms with Crippen molar-refractivity contribution in [3.05, 3.63) is 35.1 Å². The molecule has 0 aromatic heterocycles. The van der Waals surface area contributed by atoms with Crippen LogP contribution in [0.2, 0.25) is 0 Å². The van der Waals surface area contributed by atoms with Crippen LogP contribution in [-0.4, -0.2) is 13.1 Å². The van der Waals surface area contributed by atoms with E-state index in [1.807, 2.05) is 6.07 Å². The van der Waals surface area contributed by atoms with Crippen LogP contribution in [0.3, 0.4) is 0 Å². The van der Waals surface area contributed by atoms with Crippen LogP contribution in [0.4, 0.5) is 8.78 Å². The Morgan fingerprint density at radius 3 is 2.93 bits per heavy atom. The van der Waals surface area contributed by atoms with Crippen molar-refractivity contribution in [1.82, 2.24) is 5.32 Å². The normalized spacial score (nSPS) is 21.6. The van der Waals surface area contributed by atoms with Gasteiger partial charge in [0.05, 0.1) is 0 Å². The van der Waals surface area contributed by atoms with Gasteiger partial charge in [-0.25, -0.2) is 8.78 Å². The van der Waals surface area contributed by atoms with Crippen molar-refractivity contribution in [3.8, 4) is 0 Å². The third kappa shape index (κ3) is 2.17. The fraction of sp³-hybridized carbons (Fsp3) is 0.500. The molecule has 1 fully saturated rings. The van der Waals surface area contributed by atoms with Crippen molar-refractivity contribution in [2.24, 2.45) is 0 Å². The largest absolute Gasteiger partial charge is 0.316 e. The van der Waals surface area contributed by atoms with Crippen LogP contribution in [0.1, 0.15) is 29.9 Å². The Bertz CT molecular complexity index is 332. The maximum atomic E-state index is 13.3. The highest BCUT2D eigenvalue weighted by Gasteiger charge is 2.19. The summed E-state index contributed by atoms with van der Waals surface area (Å²) in [4.78, 5) is 0. The summed E-state index contributed by atoms with van der Waals surface area (Å²) in [7, 11) is 0. The second-order valence-corrected chi connectivity index (χ2v) is 3.98. The van der Waals surface area contributed by atoms with E-state index in [1.165, 1.54) is 6.07 Å². The molecule has 1 atom stereocenters. The van der Waals surface area contributed by atoms with Gasteiger partial charge in [-0.2, -0.15) is 0 Å². The number of halogens is 2. The molecule has 0 saturated carbocycles. The molecule has 1 aliphatic rings. The van der Waals surface area contributed by atoms with Crippen LogP contribution >= 0.6 is 0 Å². The minimum atomic E-state index is -0.710. The summed E-state index contributed by atoms with van der Waals surface area (Å²) < 4.78 is 26.1. The van der Waals surface area contributed by atoms with Crippen LogP contribution in [0, 0.1) is 5.82 Å². The van der Waals surface area contributed by atoms with Gasteiger partial charge in [0.1, 0.15) is 12.5 Å². The Kier molecular flexibility index (Phi) is 3.31. The topological polar surface area (TPSA) is 12.0 Å². The molecule has 2 rings (SSSR count). The maximum absolute atomic E-state index is 13.3. The summed E-state index contributed by atoms with van der Waals surface area (Å²) in [5.41, 5.74) is 1.08. The molecule has 1 aromatic rings. The van der Waals surface area contributed by atoms with Crippen molar-refractivity contribution in [2.45, 2.75) is 25.4 Å². The van der Waals surface area contributed by atoms with E-state index in [1.54, 1.807) is 6.07 Å². The van der Waals surface area contributed by atoms with Crippen molar-refractivity contribution in [2.75, 3.05) is 13.1 Å². The average molecular weight is 211 g/mol. The number of hydrogen-bond acceptors (Lipinski definition) is 1. The van der Waals surface area contributed by atoms with Crippen molar-refractivity contribution in [1.29, 1.82) is 0 Å². The standard InChI is InChI=1S/C12H15F2N/c13-7-11-10(4-1-5-12(11)14)9-3-2-6-15-8-9/h1,4-5,9,15H,2-3,6-8H2. The van der Waals surface area contributed by atoms with Crippen LogP contribution in [0.5, 0.6) is 0 Å². The molecule has 0 spiro atoms. The molecule has 3 heteroatoms. The van der Waals surface area contributed by atoms with E-state index in [2.05, 4.69) is 5.32 Å². The number of alkyl halides is 1. The Morgan fingerprint density at radius 2 is 2.27 bits per heavy atom. The lowest BCUT2D eigenvalue weighted by Crippen LogP contribution is -2.29. The Balaban J connectivity index is 2.29. The molecule has 1 aromatic carbocycles. The number of rotatable bonds is 2. The van der Waals surface area contributed by atoms with Crippen molar-refractivity contribution >= 4 is 0 Å². The monoisotopic (exact) mass is 211 g/mol. The molecule has 1 aliphatic heterocycles. The first kappa shape index (κ1) is 10.6. The highest BCUT2D eigenvalue weighted by atomic mass is 19.1. The Hall–Kier alpha value is -0.960. The fourth-order valence-electron chi connectivity index (χ4n) is 2.22. The average Bonchev–Trinajstić information content (AvgIpc) is 2.30. The van der Waals surface area contributed by atoms with Gasteiger partial charge in [0.15, 0.2) is 0 Å². The third-order valence-corrected chi connectivity index (χ3v) is 3.03. The summed E-state index contributed by atoms with van der Waals surface area (Å²) in [5.74, 6) is -0.152. The van der Waals surface area contributed by atoms with Gasteiger partial charge >= 0.3 is 0 Å². The number of piperidine rings is 1. The predicted octanol–water partition coefficient (Wildman–Crippen LogP) is 2.76. The molecule has 1 N–H and O–H groups in total. The Labute approximate surface area is 88.5 Å². The molecule has 82 valence electrons. The molecule has 1 nitrogen and oxygen atoms in total. The maximum Gasteiger partial charge on any atom is 0.129 e. The summed E-state index contributed by atoms with van der Waals surface area (Å²) in [6.07, 6.45) is 2.09. The molecular formula is C12H15F2N. The highest BCUT2D eigenvalue weighted by molar-refractivity contribution is 5.31. The van der Waals surface area contributed by atoms with Crippen LogP contribution in [0.15, 0.2) is 18.2 Å². The van der Waals surface area contributed by atoms with Crippen molar-refractivity contribution in [3.63, 3.8) is 0 Å². The molecule has 1 unspecified atom stereocenters. The number of benzene rings is 1. The van der Waals surface area contributed by atoms with E-state index < -0.39 is 12.5 Å². The zero-order chi connectivity index (χ0) is 10.7. The van der Waals surface area contributed by atoms with Gasteiger partial charge in [0.25, 0.3) is 0 Å². The smallest absolute Gasteiger partial charge is 0.129 e. The SMILES string of the molecule is FCc1c(F)cccc1C1CCCNC1. The predicted molar refractivity (Wildman–Crippen MR) is 56.1 cm³/mol. The third-order valence-electron chi connectivity index (χ3n) is 3.03.